The summed E-state index contributed by atoms with van der Waals surface area (Å²) < 4.78 is 1.06. The van der Waals surface area contributed by atoms with Gasteiger partial charge in [0.05, 0.1) is 15.9 Å². The molecule has 100 valence electrons. The third-order valence-corrected chi connectivity index (χ3v) is 4.36. The zero-order valence-electron chi connectivity index (χ0n) is 10.9. The highest BCUT2D eigenvalue weighted by atomic mass is 32.1. The van der Waals surface area contributed by atoms with Gasteiger partial charge in [0, 0.05) is 12.6 Å². The number of rotatable bonds is 4. The Morgan fingerprint density at radius 2 is 2.00 bits per heavy atom. The summed E-state index contributed by atoms with van der Waals surface area (Å²) in [5.74, 6) is 0. The molecule has 0 aliphatic carbocycles. The summed E-state index contributed by atoms with van der Waals surface area (Å²) in [5.41, 5.74) is 0.275. The van der Waals surface area contributed by atoms with Gasteiger partial charge in [-0.15, -0.1) is 17.9 Å². The maximum Gasteiger partial charge on any atom is 0.161 e. The lowest BCUT2D eigenvalue weighted by atomic mass is 9.95. The van der Waals surface area contributed by atoms with E-state index in [1.807, 2.05) is 42.5 Å². The molecule has 1 N–H and O–H groups in total. The van der Waals surface area contributed by atoms with E-state index in [1.165, 1.54) is 11.3 Å². The number of para-hydroxylation sites is 1. The second-order valence-corrected chi connectivity index (χ2v) is 5.59. The molecule has 3 rings (SSSR count). The smallest absolute Gasteiger partial charge is 0.161 e. The number of hydrogen-bond donors (Lipinski definition) is 1. The van der Waals surface area contributed by atoms with Crippen LogP contribution in [0.3, 0.4) is 0 Å². The second kappa shape index (κ2) is 5.15. The lowest BCUT2D eigenvalue weighted by Gasteiger charge is -2.23. The molecule has 0 aliphatic heterocycles. The third-order valence-electron chi connectivity index (χ3n) is 3.18. The van der Waals surface area contributed by atoms with Crippen LogP contribution in [0.2, 0.25) is 0 Å². The zero-order chi connectivity index (χ0) is 14.0. The average molecular weight is 282 g/mol. The Kier molecular flexibility index (Phi) is 3.34. The normalized spacial score (nSPS) is 14.1. The van der Waals surface area contributed by atoms with Gasteiger partial charge in [-0.3, -0.25) is 4.98 Å². The minimum atomic E-state index is -1.22. The van der Waals surface area contributed by atoms with Gasteiger partial charge < -0.3 is 5.11 Å². The SMILES string of the molecule is C=CCC(O)(c1ccccn1)c1nc2ccccc2s1. The van der Waals surface area contributed by atoms with Gasteiger partial charge in [0.2, 0.25) is 0 Å². The number of pyridine rings is 1. The van der Waals surface area contributed by atoms with Gasteiger partial charge in [0.1, 0.15) is 5.01 Å². The first-order chi connectivity index (χ1) is 9.74. The minimum absolute atomic E-state index is 0.379. The van der Waals surface area contributed by atoms with Gasteiger partial charge in [-0.25, -0.2) is 4.98 Å². The van der Waals surface area contributed by atoms with Crippen LogP contribution in [0.5, 0.6) is 0 Å². The van der Waals surface area contributed by atoms with Gasteiger partial charge in [-0.2, -0.15) is 0 Å². The summed E-state index contributed by atoms with van der Waals surface area (Å²) >= 11 is 1.49. The number of thiazole rings is 1. The number of benzene rings is 1. The van der Waals surface area contributed by atoms with Crippen molar-refractivity contribution in [1.82, 2.24) is 9.97 Å². The highest BCUT2D eigenvalue weighted by Crippen LogP contribution is 2.36. The second-order valence-electron chi connectivity index (χ2n) is 4.55. The van der Waals surface area contributed by atoms with E-state index in [4.69, 9.17) is 0 Å². The summed E-state index contributed by atoms with van der Waals surface area (Å²) in [6, 6.07) is 13.4. The molecule has 0 radical (unpaired) electrons. The first-order valence-corrected chi connectivity index (χ1v) is 7.16. The predicted octanol–water partition coefficient (Wildman–Crippen LogP) is 3.50. The Bertz CT molecular complexity index is 705. The van der Waals surface area contributed by atoms with Crippen LogP contribution in [0.1, 0.15) is 17.1 Å². The molecule has 0 bridgehead atoms. The Hall–Kier alpha value is -2.04. The Labute approximate surface area is 121 Å². The maximum atomic E-state index is 11.1. The quantitative estimate of drug-likeness (QED) is 0.745. The van der Waals surface area contributed by atoms with E-state index >= 15 is 0 Å². The van der Waals surface area contributed by atoms with E-state index in [2.05, 4.69) is 16.5 Å². The summed E-state index contributed by atoms with van der Waals surface area (Å²) in [4.78, 5) is 8.85. The van der Waals surface area contributed by atoms with E-state index < -0.39 is 5.60 Å². The van der Waals surface area contributed by atoms with Crippen molar-refractivity contribution < 1.29 is 5.11 Å². The van der Waals surface area contributed by atoms with E-state index in [9.17, 15) is 5.11 Å². The van der Waals surface area contributed by atoms with Gasteiger partial charge in [-0.1, -0.05) is 24.3 Å². The summed E-state index contributed by atoms with van der Waals surface area (Å²) in [6.45, 7) is 3.74. The molecule has 0 saturated carbocycles. The predicted molar refractivity (Wildman–Crippen MR) is 81.7 cm³/mol. The first-order valence-electron chi connectivity index (χ1n) is 6.35. The van der Waals surface area contributed by atoms with Crippen molar-refractivity contribution in [1.29, 1.82) is 0 Å². The molecule has 3 nitrogen and oxygen atoms in total. The lowest BCUT2D eigenvalue weighted by molar-refractivity contribution is 0.0794. The standard InChI is InChI=1S/C16H14N2OS/c1-2-10-16(19,14-9-5-6-11-17-14)15-18-12-7-3-4-8-13(12)20-15/h2-9,11,19H,1,10H2. The fourth-order valence-electron chi connectivity index (χ4n) is 2.17. The molecule has 20 heavy (non-hydrogen) atoms. The largest absolute Gasteiger partial charge is 0.376 e. The van der Waals surface area contributed by atoms with Crippen LogP contribution in [0.25, 0.3) is 10.2 Å². The highest BCUT2D eigenvalue weighted by molar-refractivity contribution is 7.18. The van der Waals surface area contributed by atoms with Gasteiger partial charge >= 0.3 is 0 Å². The van der Waals surface area contributed by atoms with Crippen molar-refractivity contribution in [2.24, 2.45) is 0 Å². The molecular formula is C16H14N2OS. The monoisotopic (exact) mass is 282 g/mol. The molecule has 4 heteroatoms. The third kappa shape index (κ3) is 2.13. The Morgan fingerprint density at radius 3 is 2.70 bits per heavy atom. The number of fused-ring (bicyclic) bond motifs is 1. The number of aliphatic hydroxyl groups is 1. The first kappa shape index (κ1) is 13.0. The number of hydrogen-bond acceptors (Lipinski definition) is 4. The molecule has 0 fully saturated rings. The van der Waals surface area contributed by atoms with Crippen LogP contribution in [-0.4, -0.2) is 15.1 Å². The van der Waals surface area contributed by atoms with Crippen LogP contribution >= 0.6 is 11.3 Å². The molecule has 0 spiro atoms. The molecule has 1 unspecified atom stereocenters. The van der Waals surface area contributed by atoms with E-state index in [1.54, 1.807) is 12.3 Å². The van der Waals surface area contributed by atoms with Crippen LogP contribution in [-0.2, 0) is 5.60 Å². The molecule has 1 atom stereocenters. The van der Waals surface area contributed by atoms with Crippen molar-refractivity contribution in [3.8, 4) is 0 Å². The van der Waals surface area contributed by atoms with Crippen LogP contribution < -0.4 is 0 Å². The van der Waals surface area contributed by atoms with Crippen molar-refractivity contribution in [2.45, 2.75) is 12.0 Å². The summed E-state index contributed by atoms with van der Waals surface area (Å²) in [6.07, 6.45) is 3.75. The van der Waals surface area contributed by atoms with E-state index in [-0.39, 0.29) is 0 Å². The fourth-order valence-corrected chi connectivity index (χ4v) is 3.24. The number of aromatic nitrogens is 2. The Balaban J connectivity index is 2.17. The molecule has 0 aliphatic rings. The summed E-state index contributed by atoms with van der Waals surface area (Å²) in [7, 11) is 0. The topological polar surface area (TPSA) is 46.0 Å². The number of nitrogens with zero attached hydrogens (tertiary/aromatic N) is 2. The van der Waals surface area contributed by atoms with E-state index in [0.29, 0.717) is 17.1 Å². The van der Waals surface area contributed by atoms with Crippen molar-refractivity contribution in [2.75, 3.05) is 0 Å². The van der Waals surface area contributed by atoms with Crippen molar-refractivity contribution in [3.05, 3.63) is 72.0 Å². The van der Waals surface area contributed by atoms with E-state index in [0.717, 1.165) is 10.2 Å². The molecule has 0 saturated heterocycles. The zero-order valence-corrected chi connectivity index (χ0v) is 11.7. The summed E-state index contributed by atoms with van der Waals surface area (Å²) in [5, 5.41) is 11.7. The van der Waals surface area contributed by atoms with Crippen LogP contribution in [0.4, 0.5) is 0 Å². The van der Waals surface area contributed by atoms with Gasteiger partial charge in [0.15, 0.2) is 5.60 Å². The maximum absolute atomic E-state index is 11.1. The molecular weight excluding hydrogens is 268 g/mol. The fraction of sp³-hybridized carbons (Fsp3) is 0.125. The molecule has 2 heterocycles. The minimum Gasteiger partial charge on any atom is -0.376 e. The average Bonchev–Trinajstić information content (AvgIpc) is 2.93. The van der Waals surface area contributed by atoms with Gasteiger partial charge in [-0.05, 0) is 24.3 Å². The van der Waals surface area contributed by atoms with Crippen molar-refractivity contribution >= 4 is 21.6 Å². The molecule has 1 aromatic carbocycles. The highest BCUT2D eigenvalue weighted by Gasteiger charge is 2.35. The van der Waals surface area contributed by atoms with Crippen molar-refractivity contribution in [3.63, 3.8) is 0 Å². The lowest BCUT2D eigenvalue weighted by Crippen LogP contribution is -2.27. The molecule has 3 aromatic rings. The van der Waals surface area contributed by atoms with Crippen LogP contribution in [0, 0.1) is 0 Å². The Morgan fingerprint density at radius 1 is 1.20 bits per heavy atom. The molecule has 0 amide bonds. The van der Waals surface area contributed by atoms with Crippen LogP contribution in [0.15, 0.2) is 61.3 Å². The molecule has 2 aromatic heterocycles. The van der Waals surface area contributed by atoms with Gasteiger partial charge in [0.25, 0.3) is 0 Å².